The Kier molecular flexibility index (Phi) is 4.49. The zero-order valence-electron chi connectivity index (χ0n) is 10.6. The summed E-state index contributed by atoms with van der Waals surface area (Å²) in [5, 5.41) is 9.03. The molecule has 0 saturated carbocycles. The molecule has 0 aromatic heterocycles. The van der Waals surface area contributed by atoms with Crippen molar-refractivity contribution in [3.8, 4) is 5.75 Å². The van der Waals surface area contributed by atoms with E-state index in [9.17, 15) is 18.0 Å². The summed E-state index contributed by atoms with van der Waals surface area (Å²) in [5.74, 6) is -1.75. The molecule has 1 aliphatic rings. The number of hydrogen-bond donors (Lipinski definition) is 1. The van der Waals surface area contributed by atoms with Gasteiger partial charge in [-0.1, -0.05) is 0 Å². The topological polar surface area (TPSA) is 49.8 Å². The zero-order chi connectivity index (χ0) is 14.7. The minimum Gasteiger partial charge on any atom is -0.434 e. The molecule has 1 aromatic carbocycles. The van der Waals surface area contributed by atoms with Crippen LogP contribution < -0.4 is 4.74 Å². The Morgan fingerprint density at radius 1 is 1.50 bits per heavy atom. The molecule has 1 saturated heterocycles. The van der Waals surface area contributed by atoms with Gasteiger partial charge in [0.1, 0.15) is 11.6 Å². The van der Waals surface area contributed by atoms with Crippen molar-refractivity contribution in [2.24, 2.45) is 5.92 Å². The average molecular weight is 289 g/mol. The van der Waals surface area contributed by atoms with Crippen molar-refractivity contribution in [2.45, 2.75) is 13.0 Å². The Labute approximate surface area is 113 Å². The normalized spacial score (nSPS) is 18.6. The lowest BCUT2D eigenvalue weighted by Crippen LogP contribution is -2.29. The molecule has 0 radical (unpaired) electrons. The molecule has 1 N–H and O–H groups in total. The number of likely N-dealkylation sites (tertiary alicyclic amines) is 1. The quantitative estimate of drug-likeness (QED) is 0.920. The highest BCUT2D eigenvalue weighted by Gasteiger charge is 2.28. The second kappa shape index (κ2) is 6.13. The third-order valence-corrected chi connectivity index (χ3v) is 3.22. The second-order valence-corrected chi connectivity index (χ2v) is 4.61. The maximum Gasteiger partial charge on any atom is 0.387 e. The number of hydrogen-bond acceptors (Lipinski definition) is 3. The van der Waals surface area contributed by atoms with Gasteiger partial charge in [-0.3, -0.25) is 4.79 Å². The third kappa shape index (κ3) is 3.22. The van der Waals surface area contributed by atoms with Crippen LogP contribution in [-0.2, 0) is 0 Å². The van der Waals surface area contributed by atoms with E-state index in [-0.39, 0.29) is 18.1 Å². The first-order valence-corrected chi connectivity index (χ1v) is 6.15. The van der Waals surface area contributed by atoms with Gasteiger partial charge < -0.3 is 14.7 Å². The first-order chi connectivity index (χ1) is 9.51. The summed E-state index contributed by atoms with van der Waals surface area (Å²) in [6, 6.07) is 2.91. The SMILES string of the molecule is O=C(c1ccc(F)cc1OC(F)F)N1CCC(CO)C1. The van der Waals surface area contributed by atoms with Crippen LogP contribution >= 0.6 is 0 Å². The van der Waals surface area contributed by atoms with Gasteiger partial charge in [0.15, 0.2) is 0 Å². The molecule has 7 heteroatoms. The van der Waals surface area contributed by atoms with Gasteiger partial charge in [-0.25, -0.2) is 4.39 Å². The van der Waals surface area contributed by atoms with Gasteiger partial charge in [0.25, 0.3) is 5.91 Å². The summed E-state index contributed by atoms with van der Waals surface area (Å²) in [6.07, 6.45) is 0.647. The van der Waals surface area contributed by atoms with Gasteiger partial charge in [-0.15, -0.1) is 0 Å². The highest BCUT2D eigenvalue weighted by Crippen LogP contribution is 2.26. The molecule has 1 unspecified atom stereocenters. The molecule has 1 heterocycles. The van der Waals surface area contributed by atoms with E-state index in [0.717, 1.165) is 18.2 Å². The maximum atomic E-state index is 13.1. The fraction of sp³-hybridized carbons (Fsp3) is 0.462. The summed E-state index contributed by atoms with van der Waals surface area (Å²) >= 11 is 0. The molecule has 20 heavy (non-hydrogen) atoms. The van der Waals surface area contributed by atoms with Crippen LogP contribution in [-0.4, -0.2) is 42.2 Å². The number of halogens is 3. The summed E-state index contributed by atoms with van der Waals surface area (Å²) in [7, 11) is 0. The summed E-state index contributed by atoms with van der Waals surface area (Å²) in [6.45, 7) is -2.39. The van der Waals surface area contributed by atoms with Gasteiger partial charge in [-0.2, -0.15) is 8.78 Å². The van der Waals surface area contributed by atoms with Crippen molar-refractivity contribution in [1.82, 2.24) is 4.90 Å². The van der Waals surface area contributed by atoms with Gasteiger partial charge >= 0.3 is 6.61 Å². The molecule has 1 amide bonds. The van der Waals surface area contributed by atoms with E-state index in [4.69, 9.17) is 5.11 Å². The lowest BCUT2D eigenvalue weighted by Gasteiger charge is -2.18. The Bertz CT molecular complexity index is 496. The molecule has 1 atom stereocenters. The lowest BCUT2D eigenvalue weighted by molar-refractivity contribution is -0.0504. The number of carbonyl (C=O) groups is 1. The minimum absolute atomic E-state index is 0.0149. The number of nitrogens with zero attached hydrogens (tertiary/aromatic N) is 1. The Morgan fingerprint density at radius 2 is 2.25 bits per heavy atom. The van der Waals surface area contributed by atoms with Gasteiger partial charge in [0, 0.05) is 31.7 Å². The average Bonchev–Trinajstić information content (AvgIpc) is 2.86. The number of ether oxygens (including phenoxy) is 1. The second-order valence-electron chi connectivity index (χ2n) is 4.61. The highest BCUT2D eigenvalue weighted by molar-refractivity contribution is 5.97. The van der Waals surface area contributed by atoms with E-state index < -0.39 is 24.1 Å². The number of alkyl halides is 2. The predicted molar refractivity (Wildman–Crippen MR) is 64.1 cm³/mol. The molecule has 4 nitrogen and oxygen atoms in total. The monoisotopic (exact) mass is 289 g/mol. The van der Waals surface area contributed by atoms with E-state index >= 15 is 0 Å². The van der Waals surface area contributed by atoms with Gasteiger partial charge in [0.05, 0.1) is 5.56 Å². The smallest absolute Gasteiger partial charge is 0.387 e. The van der Waals surface area contributed by atoms with Crippen LogP contribution in [0.1, 0.15) is 16.8 Å². The highest BCUT2D eigenvalue weighted by atomic mass is 19.3. The third-order valence-electron chi connectivity index (χ3n) is 3.22. The summed E-state index contributed by atoms with van der Waals surface area (Å²) < 4.78 is 41.8. The number of aliphatic hydroxyl groups is 1. The lowest BCUT2D eigenvalue weighted by atomic mass is 10.1. The first kappa shape index (κ1) is 14.6. The molecule has 0 spiro atoms. The van der Waals surface area contributed by atoms with Crippen LogP contribution in [0, 0.1) is 11.7 Å². The number of aliphatic hydroxyl groups excluding tert-OH is 1. The number of benzene rings is 1. The summed E-state index contributed by atoms with van der Waals surface area (Å²) in [5.41, 5.74) is -0.106. The summed E-state index contributed by atoms with van der Waals surface area (Å²) in [4.78, 5) is 13.7. The molecular formula is C13H14F3NO3. The van der Waals surface area contributed by atoms with Crippen LogP contribution in [0.4, 0.5) is 13.2 Å². The molecule has 110 valence electrons. The number of amides is 1. The maximum absolute atomic E-state index is 13.1. The van der Waals surface area contributed by atoms with E-state index in [1.54, 1.807) is 0 Å². The van der Waals surface area contributed by atoms with Crippen molar-refractivity contribution in [3.63, 3.8) is 0 Å². The van der Waals surface area contributed by atoms with Crippen LogP contribution in [0.15, 0.2) is 18.2 Å². The first-order valence-electron chi connectivity index (χ1n) is 6.15. The van der Waals surface area contributed by atoms with E-state index in [0.29, 0.717) is 19.5 Å². The Morgan fingerprint density at radius 3 is 2.85 bits per heavy atom. The van der Waals surface area contributed by atoms with Crippen LogP contribution in [0.2, 0.25) is 0 Å². The van der Waals surface area contributed by atoms with E-state index in [1.807, 2.05) is 0 Å². The predicted octanol–water partition coefficient (Wildman–Crippen LogP) is 1.88. The van der Waals surface area contributed by atoms with E-state index in [1.165, 1.54) is 4.90 Å². The molecule has 0 bridgehead atoms. The fourth-order valence-electron chi connectivity index (χ4n) is 2.20. The van der Waals surface area contributed by atoms with Crippen LogP contribution in [0.3, 0.4) is 0 Å². The molecule has 2 rings (SSSR count). The van der Waals surface area contributed by atoms with Crippen molar-refractivity contribution in [3.05, 3.63) is 29.6 Å². The van der Waals surface area contributed by atoms with Crippen molar-refractivity contribution >= 4 is 5.91 Å². The molecule has 1 aromatic rings. The Balaban J connectivity index is 2.21. The molecular weight excluding hydrogens is 275 g/mol. The number of carbonyl (C=O) groups excluding carboxylic acids is 1. The Hall–Kier alpha value is -1.76. The standard InChI is InChI=1S/C13H14F3NO3/c14-9-1-2-10(11(5-9)20-13(15)16)12(19)17-4-3-8(6-17)7-18/h1-2,5,8,13,18H,3-4,6-7H2. The van der Waals surface area contributed by atoms with Crippen molar-refractivity contribution < 1.29 is 27.8 Å². The molecule has 1 aliphatic heterocycles. The van der Waals surface area contributed by atoms with Gasteiger partial charge in [0.2, 0.25) is 0 Å². The largest absolute Gasteiger partial charge is 0.434 e. The van der Waals surface area contributed by atoms with Crippen LogP contribution in [0.5, 0.6) is 5.75 Å². The number of rotatable bonds is 4. The van der Waals surface area contributed by atoms with Gasteiger partial charge in [-0.05, 0) is 18.6 Å². The van der Waals surface area contributed by atoms with Crippen molar-refractivity contribution in [2.75, 3.05) is 19.7 Å². The van der Waals surface area contributed by atoms with E-state index in [2.05, 4.69) is 4.74 Å². The van der Waals surface area contributed by atoms with Crippen molar-refractivity contribution in [1.29, 1.82) is 0 Å². The molecule has 0 aliphatic carbocycles. The zero-order valence-corrected chi connectivity index (χ0v) is 10.6. The minimum atomic E-state index is -3.13. The molecule has 1 fully saturated rings. The van der Waals surface area contributed by atoms with Crippen LogP contribution in [0.25, 0.3) is 0 Å². The fourth-order valence-corrected chi connectivity index (χ4v) is 2.20.